The molecule has 6 N–H and O–H groups in total. The van der Waals surface area contributed by atoms with E-state index >= 15 is 0 Å². The van der Waals surface area contributed by atoms with E-state index in [1.165, 1.54) is 57.8 Å². The number of aliphatic carboxylic acids is 3. The minimum Gasteiger partial charge on any atom is -0.481 e. The molecule has 0 saturated heterocycles. The van der Waals surface area contributed by atoms with Crippen molar-refractivity contribution in [3.63, 3.8) is 0 Å². The number of unbranched alkanes of at least 4 members (excludes halogenated alkanes) is 14. The zero-order chi connectivity index (χ0) is 37.8. The number of carbonyl (C=O) groups excluding carboxylic acids is 3. The second kappa shape index (κ2) is 35.2. The lowest BCUT2D eigenvalue weighted by molar-refractivity contribution is -0.143. The SMILES string of the molecule is O=C(O)CCCCCCCCCCCCCCCCC(=O)NCCCOCCCCOCCCNC(=O)CCC(=O)N[C@@H](CCC(=O)O)C(=O)O. The first-order valence-corrected chi connectivity index (χ1v) is 19.3. The molecule has 0 aliphatic heterocycles. The lowest BCUT2D eigenvalue weighted by Gasteiger charge is -2.13. The van der Waals surface area contributed by atoms with Crippen molar-refractivity contribution >= 4 is 35.6 Å². The molecule has 14 heteroatoms. The third-order valence-electron chi connectivity index (χ3n) is 8.31. The number of carboxylic acids is 3. The van der Waals surface area contributed by atoms with Gasteiger partial charge in [0.15, 0.2) is 0 Å². The Labute approximate surface area is 304 Å². The summed E-state index contributed by atoms with van der Waals surface area (Å²) in [6, 6.07) is -1.30. The fourth-order valence-corrected chi connectivity index (χ4v) is 5.30. The van der Waals surface area contributed by atoms with E-state index in [1.807, 2.05) is 0 Å². The Morgan fingerprint density at radius 3 is 1.22 bits per heavy atom. The molecular formula is C37H67N3O11. The fourth-order valence-electron chi connectivity index (χ4n) is 5.30. The fraction of sp³-hybridized carbons (Fsp3) is 0.838. The zero-order valence-corrected chi connectivity index (χ0v) is 30.9. The van der Waals surface area contributed by atoms with Gasteiger partial charge in [-0.3, -0.25) is 24.0 Å². The van der Waals surface area contributed by atoms with Gasteiger partial charge in [-0.25, -0.2) is 4.79 Å². The third-order valence-corrected chi connectivity index (χ3v) is 8.31. The molecule has 0 aromatic carbocycles. The van der Waals surface area contributed by atoms with Crippen LogP contribution in [0.1, 0.15) is 154 Å². The number of amides is 3. The Morgan fingerprint density at radius 1 is 0.412 bits per heavy atom. The summed E-state index contributed by atoms with van der Waals surface area (Å²) in [7, 11) is 0. The van der Waals surface area contributed by atoms with Crippen molar-refractivity contribution in [3.05, 3.63) is 0 Å². The van der Waals surface area contributed by atoms with Gasteiger partial charge in [-0.1, -0.05) is 77.0 Å². The molecule has 0 aromatic heterocycles. The largest absolute Gasteiger partial charge is 0.481 e. The molecule has 0 rings (SSSR count). The summed E-state index contributed by atoms with van der Waals surface area (Å²) in [4.78, 5) is 68.0. The van der Waals surface area contributed by atoms with Crippen LogP contribution in [-0.2, 0) is 38.2 Å². The summed E-state index contributed by atoms with van der Waals surface area (Å²) < 4.78 is 11.2. The van der Waals surface area contributed by atoms with Crippen LogP contribution >= 0.6 is 0 Å². The predicted molar refractivity (Wildman–Crippen MR) is 193 cm³/mol. The number of carbonyl (C=O) groups is 6. The highest BCUT2D eigenvalue weighted by Gasteiger charge is 2.21. The van der Waals surface area contributed by atoms with Gasteiger partial charge >= 0.3 is 17.9 Å². The monoisotopic (exact) mass is 729 g/mol. The second-order valence-corrected chi connectivity index (χ2v) is 13.1. The van der Waals surface area contributed by atoms with Crippen molar-refractivity contribution in [3.8, 4) is 0 Å². The van der Waals surface area contributed by atoms with Gasteiger partial charge in [0.05, 0.1) is 0 Å². The highest BCUT2D eigenvalue weighted by Crippen LogP contribution is 2.14. The Morgan fingerprint density at radius 2 is 0.784 bits per heavy atom. The van der Waals surface area contributed by atoms with Crippen LogP contribution in [0.3, 0.4) is 0 Å². The van der Waals surface area contributed by atoms with E-state index in [9.17, 15) is 28.8 Å². The minimum atomic E-state index is -1.32. The third kappa shape index (κ3) is 36.3. The molecule has 3 amide bonds. The number of ether oxygens (including phenoxy) is 2. The molecule has 0 saturated carbocycles. The van der Waals surface area contributed by atoms with Crippen LogP contribution in [0.15, 0.2) is 0 Å². The molecule has 0 aromatic rings. The van der Waals surface area contributed by atoms with Crippen LogP contribution in [0.4, 0.5) is 0 Å². The summed E-state index contributed by atoms with van der Waals surface area (Å²) in [5.41, 5.74) is 0. The van der Waals surface area contributed by atoms with Crippen LogP contribution in [0.25, 0.3) is 0 Å². The number of nitrogens with one attached hydrogen (secondary N) is 3. The highest BCUT2D eigenvalue weighted by molar-refractivity contribution is 5.87. The van der Waals surface area contributed by atoms with E-state index in [-0.39, 0.29) is 37.5 Å². The Bertz CT molecular complexity index is 949. The average Bonchev–Trinajstić information content (AvgIpc) is 3.08. The van der Waals surface area contributed by atoms with Gasteiger partial charge in [-0.05, 0) is 44.9 Å². The van der Waals surface area contributed by atoms with Gasteiger partial charge in [0.2, 0.25) is 17.7 Å². The molecule has 0 spiro atoms. The van der Waals surface area contributed by atoms with E-state index < -0.39 is 29.9 Å². The lowest BCUT2D eigenvalue weighted by Crippen LogP contribution is -2.41. The van der Waals surface area contributed by atoms with Gasteiger partial charge in [-0.2, -0.15) is 0 Å². The first kappa shape index (κ1) is 47.7. The molecule has 0 aliphatic carbocycles. The van der Waals surface area contributed by atoms with Gasteiger partial charge in [0.1, 0.15) is 6.04 Å². The molecule has 0 bridgehead atoms. The lowest BCUT2D eigenvalue weighted by atomic mass is 10.0. The van der Waals surface area contributed by atoms with Crippen LogP contribution in [0.2, 0.25) is 0 Å². The molecule has 296 valence electrons. The summed E-state index contributed by atoms with van der Waals surface area (Å²) in [5.74, 6) is -4.02. The number of hydrogen-bond donors (Lipinski definition) is 6. The molecule has 0 aliphatic rings. The number of carboxylic acid groups (broad SMARTS) is 3. The van der Waals surface area contributed by atoms with E-state index in [1.54, 1.807) is 0 Å². The Balaban J connectivity index is 3.40. The van der Waals surface area contributed by atoms with Gasteiger partial charge < -0.3 is 40.7 Å². The molecule has 1 atom stereocenters. The molecule has 0 fully saturated rings. The number of hydrogen-bond acceptors (Lipinski definition) is 8. The number of rotatable bonds is 38. The molecule has 0 heterocycles. The maximum Gasteiger partial charge on any atom is 0.326 e. The summed E-state index contributed by atoms with van der Waals surface area (Å²) in [6.07, 6.45) is 19.4. The molecule has 14 nitrogen and oxygen atoms in total. The standard InChI is InChI=1S/C37H67N3O11/c41-32(19-13-11-9-7-5-3-1-2-4-6-8-10-12-14-20-35(44)45)38-25-17-29-50-27-15-16-28-51-30-18-26-39-33(42)22-23-34(43)40-31(37(48)49)21-24-36(46)47/h31H,1-30H2,(H,38,41)(H,39,42)(H,40,43)(H,44,45)(H,46,47)(H,48,49)/t31-/m0/s1. The van der Waals surface area contributed by atoms with Crippen LogP contribution < -0.4 is 16.0 Å². The van der Waals surface area contributed by atoms with E-state index in [4.69, 9.17) is 24.8 Å². The topological polar surface area (TPSA) is 218 Å². The molecular weight excluding hydrogens is 662 g/mol. The van der Waals surface area contributed by atoms with Gasteiger partial charge in [-0.15, -0.1) is 0 Å². The van der Waals surface area contributed by atoms with Gasteiger partial charge in [0, 0.05) is 71.6 Å². The Hall–Kier alpha value is -3.26. The minimum absolute atomic E-state index is 0.101. The zero-order valence-electron chi connectivity index (χ0n) is 30.9. The quantitative estimate of drug-likeness (QED) is 0.0445. The summed E-state index contributed by atoms with van der Waals surface area (Å²) >= 11 is 0. The Kier molecular flexibility index (Phi) is 32.9. The highest BCUT2D eigenvalue weighted by atomic mass is 16.5. The maximum absolute atomic E-state index is 12.0. The van der Waals surface area contributed by atoms with Crippen molar-refractivity contribution < 1.29 is 53.6 Å². The van der Waals surface area contributed by atoms with Crippen molar-refractivity contribution in [2.75, 3.05) is 39.5 Å². The smallest absolute Gasteiger partial charge is 0.326 e. The molecule has 51 heavy (non-hydrogen) atoms. The van der Waals surface area contributed by atoms with Crippen LogP contribution in [-0.4, -0.2) is 96.5 Å². The molecule has 0 radical (unpaired) electrons. The second-order valence-electron chi connectivity index (χ2n) is 13.1. The predicted octanol–water partition coefficient (Wildman–Crippen LogP) is 5.35. The van der Waals surface area contributed by atoms with Crippen molar-refractivity contribution in [2.24, 2.45) is 0 Å². The van der Waals surface area contributed by atoms with Crippen molar-refractivity contribution in [2.45, 2.75) is 160 Å². The van der Waals surface area contributed by atoms with Crippen LogP contribution in [0.5, 0.6) is 0 Å². The first-order valence-electron chi connectivity index (χ1n) is 19.3. The van der Waals surface area contributed by atoms with E-state index in [2.05, 4.69) is 16.0 Å². The van der Waals surface area contributed by atoms with Gasteiger partial charge in [0.25, 0.3) is 0 Å². The van der Waals surface area contributed by atoms with Crippen molar-refractivity contribution in [1.82, 2.24) is 16.0 Å². The average molecular weight is 730 g/mol. The van der Waals surface area contributed by atoms with E-state index in [0.717, 1.165) is 51.4 Å². The maximum atomic E-state index is 12.0. The summed E-state index contributed by atoms with van der Waals surface area (Å²) in [5, 5.41) is 34.3. The van der Waals surface area contributed by atoms with Crippen molar-refractivity contribution in [1.29, 1.82) is 0 Å². The molecule has 0 unspecified atom stereocenters. The van der Waals surface area contributed by atoms with E-state index in [0.29, 0.717) is 58.8 Å². The van der Waals surface area contributed by atoms with Crippen LogP contribution in [0, 0.1) is 0 Å². The normalized spacial score (nSPS) is 11.5. The summed E-state index contributed by atoms with van der Waals surface area (Å²) in [6.45, 7) is 3.30. The first-order chi connectivity index (χ1) is 24.6.